The van der Waals surface area contributed by atoms with Gasteiger partial charge in [-0.3, -0.25) is 9.78 Å². The van der Waals surface area contributed by atoms with Crippen LogP contribution in [0.3, 0.4) is 0 Å². The molecule has 3 aromatic rings. The Morgan fingerprint density at radius 3 is 2.36 bits per heavy atom. The number of alkyl halides is 1. The van der Waals surface area contributed by atoms with Crippen molar-refractivity contribution in [3.05, 3.63) is 70.4 Å². The van der Waals surface area contributed by atoms with Crippen molar-refractivity contribution in [3.63, 3.8) is 0 Å². The molecule has 2 aromatic heterocycles. The Morgan fingerprint density at radius 2 is 1.74 bits per heavy atom. The quantitative estimate of drug-likeness (QED) is 0.464. The predicted octanol–water partition coefficient (Wildman–Crippen LogP) is 2.41. The van der Waals surface area contributed by atoms with E-state index >= 15 is 0 Å². The van der Waals surface area contributed by atoms with Crippen LogP contribution in [0.15, 0.2) is 47.5 Å². The van der Waals surface area contributed by atoms with E-state index in [4.69, 9.17) is 10.5 Å². The minimum Gasteiger partial charge on any atom is -0.483 e. The van der Waals surface area contributed by atoms with Crippen LogP contribution in [-0.2, 0) is 15.8 Å². The Bertz CT molecular complexity index is 1490. The minimum absolute atomic E-state index is 0.112. The van der Waals surface area contributed by atoms with E-state index in [2.05, 4.69) is 10.1 Å². The van der Waals surface area contributed by atoms with Gasteiger partial charge in [0.05, 0.1) is 29.5 Å². The maximum absolute atomic E-state index is 13.9. The number of hydrogen-bond acceptors (Lipinski definition) is 8. The average molecular weight is 565 g/mol. The molecule has 14 heteroatoms. The van der Waals surface area contributed by atoms with Gasteiger partial charge in [-0.25, -0.2) is 21.6 Å². The molecular weight excluding hydrogens is 537 g/mol. The van der Waals surface area contributed by atoms with Gasteiger partial charge in [0.15, 0.2) is 0 Å². The monoisotopic (exact) mass is 564 g/mol. The van der Waals surface area contributed by atoms with Gasteiger partial charge in [-0.1, -0.05) is 0 Å². The molecule has 39 heavy (non-hydrogen) atoms. The van der Waals surface area contributed by atoms with Crippen molar-refractivity contribution in [2.45, 2.75) is 37.3 Å². The standard InChI is InChI=1S/C25H27F3N6O4S/c26-16-1-4-22(12-16)38-24-23(14-31-34(25(24)35)21-10-17(27)9-18(28)11-21)32-5-7-33(8-6-32)39(36,37)15-20-3-2-19(29)13-30-20/h2-3,9-11,13-14,16,22H,1,4-8,12,15,29H2/t16-,22?/m0/s1. The highest BCUT2D eigenvalue weighted by Gasteiger charge is 2.32. The second-order valence-corrected chi connectivity index (χ2v) is 11.5. The molecule has 1 aliphatic carbocycles. The molecule has 1 aromatic carbocycles. The van der Waals surface area contributed by atoms with Gasteiger partial charge in [-0.05, 0) is 37.1 Å². The molecule has 5 rings (SSSR count). The van der Waals surface area contributed by atoms with E-state index in [1.807, 2.05) is 0 Å². The van der Waals surface area contributed by atoms with Crippen molar-refractivity contribution >= 4 is 21.4 Å². The Hall–Kier alpha value is -3.65. The maximum Gasteiger partial charge on any atom is 0.316 e. The van der Waals surface area contributed by atoms with Crippen LogP contribution in [0.5, 0.6) is 5.75 Å². The molecule has 0 bridgehead atoms. The number of hydrogen-bond donors (Lipinski definition) is 1. The fraction of sp³-hybridized carbons (Fsp3) is 0.400. The molecule has 1 saturated heterocycles. The molecule has 0 radical (unpaired) electrons. The van der Waals surface area contributed by atoms with E-state index < -0.39 is 39.5 Å². The van der Waals surface area contributed by atoms with E-state index in [1.165, 1.54) is 16.7 Å². The van der Waals surface area contributed by atoms with Crippen molar-refractivity contribution in [1.29, 1.82) is 0 Å². The van der Waals surface area contributed by atoms with Crippen LogP contribution >= 0.6 is 0 Å². The number of nitrogens with two attached hydrogens (primary N) is 1. The summed E-state index contributed by atoms with van der Waals surface area (Å²) in [6.45, 7) is 0.706. The number of nitrogen functional groups attached to an aromatic ring is 1. The number of anilines is 2. The smallest absolute Gasteiger partial charge is 0.316 e. The van der Waals surface area contributed by atoms with Crippen LogP contribution in [0.25, 0.3) is 5.69 Å². The van der Waals surface area contributed by atoms with E-state index in [-0.39, 0.29) is 49.8 Å². The van der Waals surface area contributed by atoms with Gasteiger partial charge in [0, 0.05) is 38.7 Å². The predicted molar refractivity (Wildman–Crippen MR) is 138 cm³/mol. The molecule has 2 N–H and O–H groups in total. The molecule has 1 aliphatic heterocycles. The fourth-order valence-electron chi connectivity index (χ4n) is 4.78. The molecule has 208 valence electrons. The van der Waals surface area contributed by atoms with Crippen LogP contribution < -0.4 is 20.9 Å². The molecule has 2 atom stereocenters. The molecule has 2 fully saturated rings. The number of piperazine rings is 1. The summed E-state index contributed by atoms with van der Waals surface area (Å²) in [7, 11) is -3.67. The zero-order valence-electron chi connectivity index (χ0n) is 20.8. The van der Waals surface area contributed by atoms with Gasteiger partial charge in [0.1, 0.15) is 35.4 Å². The van der Waals surface area contributed by atoms with Gasteiger partial charge in [-0.2, -0.15) is 14.1 Å². The summed E-state index contributed by atoms with van der Waals surface area (Å²) in [4.78, 5) is 19.3. The fourth-order valence-corrected chi connectivity index (χ4v) is 6.23. The molecule has 10 nitrogen and oxygen atoms in total. The Kier molecular flexibility index (Phi) is 7.49. The van der Waals surface area contributed by atoms with Crippen molar-refractivity contribution < 1.29 is 26.3 Å². The van der Waals surface area contributed by atoms with E-state index in [1.54, 1.807) is 17.0 Å². The van der Waals surface area contributed by atoms with E-state index in [0.717, 1.165) is 16.8 Å². The highest BCUT2D eigenvalue weighted by Crippen LogP contribution is 2.31. The Labute approximate surface area is 222 Å². The zero-order chi connectivity index (χ0) is 27.7. The summed E-state index contributed by atoms with van der Waals surface area (Å²) < 4.78 is 75.6. The first-order valence-electron chi connectivity index (χ1n) is 12.4. The minimum atomic E-state index is -3.67. The number of rotatable bonds is 7. The number of sulfonamides is 1. The third kappa shape index (κ3) is 6.01. The number of pyridine rings is 1. The molecule has 1 saturated carbocycles. The van der Waals surface area contributed by atoms with E-state index in [0.29, 0.717) is 36.0 Å². The molecule has 1 unspecified atom stereocenters. The van der Waals surface area contributed by atoms with Gasteiger partial charge < -0.3 is 15.4 Å². The summed E-state index contributed by atoms with van der Waals surface area (Å²) in [5, 5.41) is 4.11. The Morgan fingerprint density at radius 1 is 1.03 bits per heavy atom. The molecule has 0 amide bonds. The molecule has 3 heterocycles. The number of ether oxygens (including phenoxy) is 1. The number of aromatic nitrogens is 3. The first kappa shape index (κ1) is 26.9. The molecule has 0 spiro atoms. The lowest BCUT2D eigenvalue weighted by Crippen LogP contribution is -2.49. The lowest BCUT2D eigenvalue weighted by molar-refractivity contribution is 0.193. The first-order valence-corrected chi connectivity index (χ1v) is 14.0. The summed E-state index contributed by atoms with van der Waals surface area (Å²) >= 11 is 0. The third-order valence-electron chi connectivity index (χ3n) is 6.76. The number of nitrogens with zero attached hydrogens (tertiary/aromatic N) is 5. The topological polar surface area (TPSA) is 124 Å². The second-order valence-electron chi connectivity index (χ2n) is 9.58. The average Bonchev–Trinajstić information content (AvgIpc) is 3.30. The zero-order valence-corrected chi connectivity index (χ0v) is 21.7. The number of halogens is 3. The Balaban J connectivity index is 1.39. The van der Waals surface area contributed by atoms with Gasteiger partial charge in [0.2, 0.25) is 15.8 Å². The van der Waals surface area contributed by atoms with Crippen LogP contribution in [0.2, 0.25) is 0 Å². The van der Waals surface area contributed by atoms with Gasteiger partial charge in [0.25, 0.3) is 0 Å². The SMILES string of the molecule is Nc1ccc(CS(=O)(=O)N2CCN(c3cnn(-c4cc(F)cc(F)c4)c(=O)c3OC3CC[C@H](F)C3)CC2)nc1. The summed E-state index contributed by atoms with van der Waals surface area (Å²) in [6, 6.07) is 5.75. The molecule has 2 aliphatic rings. The lowest BCUT2D eigenvalue weighted by atomic mass is 10.2. The lowest BCUT2D eigenvalue weighted by Gasteiger charge is -2.36. The first-order chi connectivity index (χ1) is 18.6. The third-order valence-corrected chi connectivity index (χ3v) is 8.57. The summed E-state index contributed by atoms with van der Waals surface area (Å²) in [5.41, 5.74) is 5.83. The second kappa shape index (κ2) is 10.8. The van der Waals surface area contributed by atoms with Crippen LogP contribution in [-0.4, -0.2) is 65.9 Å². The van der Waals surface area contributed by atoms with Crippen molar-refractivity contribution in [1.82, 2.24) is 19.1 Å². The highest BCUT2D eigenvalue weighted by atomic mass is 32.2. The van der Waals surface area contributed by atoms with Crippen molar-refractivity contribution in [2.75, 3.05) is 36.8 Å². The normalized spacial score (nSPS) is 20.3. The number of benzene rings is 1. The summed E-state index contributed by atoms with van der Waals surface area (Å²) in [5.74, 6) is -2.17. The van der Waals surface area contributed by atoms with E-state index in [9.17, 15) is 26.4 Å². The van der Waals surface area contributed by atoms with Crippen molar-refractivity contribution in [2.24, 2.45) is 0 Å². The maximum atomic E-state index is 13.9. The highest BCUT2D eigenvalue weighted by molar-refractivity contribution is 7.88. The summed E-state index contributed by atoms with van der Waals surface area (Å²) in [6.07, 6.45) is 1.94. The van der Waals surface area contributed by atoms with Crippen LogP contribution in [0.1, 0.15) is 25.0 Å². The van der Waals surface area contributed by atoms with Crippen molar-refractivity contribution in [3.8, 4) is 11.4 Å². The van der Waals surface area contributed by atoms with Gasteiger partial charge in [-0.15, -0.1) is 0 Å². The van der Waals surface area contributed by atoms with Crippen LogP contribution in [0, 0.1) is 11.6 Å². The largest absolute Gasteiger partial charge is 0.483 e. The van der Waals surface area contributed by atoms with Crippen LogP contribution in [0.4, 0.5) is 24.5 Å². The van der Waals surface area contributed by atoms with Gasteiger partial charge >= 0.3 is 5.56 Å². The molecular formula is C25H27F3N6O4S.